The van der Waals surface area contributed by atoms with E-state index >= 15 is 0 Å². The van der Waals surface area contributed by atoms with Crippen molar-refractivity contribution in [1.82, 2.24) is 4.98 Å². The average Bonchev–Trinajstić information content (AvgIpc) is 2.39. The van der Waals surface area contributed by atoms with Crippen LogP contribution in [0, 0.1) is 6.92 Å². The minimum Gasteiger partial charge on any atom is -0.496 e. The van der Waals surface area contributed by atoms with Gasteiger partial charge < -0.3 is 10.5 Å². The Labute approximate surface area is 101 Å². The molecule has 0 aliphatic carbocycles. The Hall–Kier alpha value is -1.87. The third-order valence-corrected chi connectivity index (χ3v) is 2.77. The van der Waals surface area contributed by atoms with Crippen LogP contribution in [-0.4, -0.2) is 12.1 Å². The standard InChI is InChI=1S/C14H16N2O/c1-10-7-8-11(9-16-10)14(15)12-5-3-4-6-13(12)17-2/h3-9,14H,15H2,1-2H3. The zero-order valence-corrected chi connectivity index (χ0v) is 10.1. The van der Waals surface area contributed by atoms with Crippen LogP contribution in [-0.2, 0) is 0 Å². The number of hydrogen-bond donors (Lipinski definition) is 1. The summed E-state index contributed by atoms with van der Waals surface area (Å²) in [6.45, 7) is 1.96. The van der Waals surface area contributed by atoms with E-state index in [2.05, 4.69) is 4.98 Å². The number of nitrogens with zero attached hydrogens (tertiary/aromatic N) is 1. The summed E-state index contributed by atoms with van der Waals surface area (Å²) in [5, 5.41) is 0. The molecule has 2 aromatic rings. The third-order valence-electron chi connectivity index (χ3n) is 2.77. The Balaban J connectivity index is 2.36. The molecule has 1 aromatic carbocycles. The van der Waals surface area contributed by atoms with E-state index in [4.69, 9.17) is 10.5 Å². The maximum Gasteiger partial charge on any atom is 0.123 e. The van der Waals surface area contributed by atoms with Crippen molar-refractivity contribution in [3.63, 3.8) is 0 Å². The van der Waals surface area contributed by atoms with Gasteiger partial charge in [-0.1, -0.05) is 24.3 Å². The van der Waals surface area contributed by atoms with E-state index in [-0.39, 0.29) is 6.04 Å². The van der Waals surface area contributed by atoms with Crippen molar-refractivity contribution < 1.29 is 4.74 Å². The van der Waals surface area contributed by atoms with Gasteiger partial charge in [0.05, 0.1) is 13.2 Å². The van der Waals surface area contributed by atoms with Gasteiger partial charge in [-0.15, -0.1) is 0 Å². The lowest BCUT2D eigenvalue weighted by Crippen LogP contribution is -2.13. The van der Waals surface area contributed by atoms with Gasteiger partial charge >= 0.3 is 0 Å². The quantitative estimate of drug-likeness (QED) is 0.877. The fraction of sp³-hybridized carbons (Fsp3) is 0.214. The van der Waals surface area contributed by atoms with Crippen molar-refractivity contribution in [1.29, 1.82) is 0 Å². The van der Waals surface area contributed by atoms with Crippen LogP contribution in [0.1, 0.15) is 22.9 Å². The summed E-state index contributed by atoms with van der Waals surface area (Å²) in [4.78, 5) is 4.26. The summed E-state index contributed by atoms with van der Waals surface area (Å²) in [6.07, 6.45) is 1.81. The van der Waals surface area contributed by atoms with Crippen LogP contribution in [0.25, 0.3) is 0 Å². The lowest BCUT2D eigenvalue weighted by Gasteiger charge is -2.15. The summed E-state index contributed by atoms with van der Waals surface area (Å²) < 4.78 is 5.31. The molecule has 3 heteroatoms. The van der Waals surface area contributed by atoms with Crippen LogP contribution in [0.4, 0.5) is 0 Å². The summed E-state index contributed by atoms with van der Waals surface area (Å²) in [7, 11) is 1.65. The lowest BCUT2D eigenvalue weighted by molar-refractivity contribution is 0.408. The van der Waals surface area contributed by atoms with Crippen molar-refractivity contribution in [3.8, 4) is 5.75 Å². The van der Waals surface area contributed by atoms with Crippen molar-refractivity contribution in [2.45, 2.75) is 13.0 Å². The highest BCUT2D eigenvalue weighted by Gasteiger charge is 2.13. The second-order valence-corrected chi connectivity index (χ2v) is 3.95. The first kappa shape index (κ1) is 11.6. The highest BCUT2D eigenvalue weighted by Crippen LogP contribution is 2.27. The largest absolute Gasteiger partial charge is 0.496 e. The van der Waals surface area contributed by atoms with E-state index in [0.29, 0.717) is 0 Å². The van der Waals surface area contributed by atoms with Crippen molar-refractivity contribution in [2.24, 2.45) is 5.73 Å². The van der Waals surface area contributed by atoms with Crippen molar-refractivity contribution >= 4 is 0 Å². The number of nitrogens with two attached hydrogens (primary N) is 1. The van der Waals surface area contributed by atoms with Crippen LogP contribution in [0.5, 0.6) is 5.75 Å². The van der Waals surface area contributed by atoms with E-state index in [1.165, 1.54) is 0 Å². The highest BCUT2D eigenvalue weighted by molar-refractivity contribution is 5.40. The van der Waals surface area contributed by atoms with Crippen LogP contribution < -0.4 is 10.5 Å². The number of rotatable bonds is 3. The van der Waals surface area contributed by atoms with Gasteiger partial charge in [0.2, 0.25) is 0 Å². The molecule has 0 aliphatic heterocycles. The number of hydrogen-bond acceptors (Lipinski definition) is 3. The predicted molar refractivity (Wildman–Crippen MR) is 68.0 cm³/mol. The van der Waals surface area contributed by atoms with Crippen LogP contribution in [0.2, 0.25) is 0 Å². The maximum atomic E-state index is 6.22. The molecule has 0 saturated heterocycles. The van der Waals surface area contributed by atoms with Gasteiger partial charge in [0.25, 0.3) is 0 Å². The van der Waals surface area contributed by atoms with E-state index in [0.717, 1.165) is 22.6 Å². The summed E-state index contributed by atoms with van der Waals surface area (Å²) >= 11 is 0. The second kappa shape index (κ2) is 4.97. The fourth-order valence-corrected chi connectivity index (χ4v) is 1.77. The summed E-state index contributed by atoms with van der Waals surface area (Å²) in [5.41, 5.74) is 9.17. The predicted octanol–water partition coefficient (Wildman–Crippen LogP) is 2.45. The Morgan fingerprint density at radius 3 is 2.59 bits per heavy atom. The Kier molecular flexibility index (Phi) is 3.40. The summed E-state index contributed by atoms with van der Waals surface area (Å²) in [5.74, 6) is 0.806. The minimum atomic E-state index is -0.209. The number of aromatic nitrogens is 1. The van der Waals surface area contributed by atoms with Gasteiger partial charge in [0, 0.05) is 17.5 Å². The molecule has 2 N–H and O–H groups in total. The molecule has 1 unspecified atom stereocenters. The molecule has 0 fully saturated rings. The molecule has 0 bridgehead atoms. The Morgan fingerprint density at radius 2 is 1.94 bits per heavy atom. The van der Waals surface area contributed by atoms with Gasteiger partial charge in [0.1, 0.15) is 5.75 Å². The maximum absolute atomic E-state index is 6.22. The zero-order chi connectivity index (χ0) is 12.3. The van der Waals surface area contributed by atoms with Gasteiger partial charge in [-0.05, 0) is 24.6 Å². The molecule has 1 aromatic heterocycles. The van der Waals surface area contributed by atoms with E-state index < -0.39 is 0 Å². The van der Waals surface area contributed by atoms with Crippen LogP contribution in [0.3, 0.4) is 0 Å². The molecular weight excluding hydrogens is 212 g/mol. The van der Waals surface area contributed by atoms with E-state index in [9.17, 15) is 0 Å². The Bertz CT molecular complexity index is 494. The fourth-order valence-electron chi connectivity index (χ4n) is 1.77. The molecule has 1 heterocycles. The Morgan fingerprint density at radius 1 is 1.18 bits per heavy atom. The molecule has 0 amide bonds. The number of methoxy groups -OCH3 is 1. The summed E-state index contributed by atoms with van der Waals surface area (Å²) in [6, 6.07) is 11.5. The molecular formula is C14H16N2O. The van der Waals surface area contributed by atoms with Gasteiger partial charge in [0.15, 0.2) is 0 Å². The SMILES string of the molecule is COc1ccccc1C(N)c1ccc(C)nc1. The normalized spacial score (nSPS) is 12.2. The van der Waals surface area contributed by atoms with Gasteiger partial charge in [-0.25, -0.2) is 0 Å². The first-order valence-electron chi connectivity index (χ1n) is 5.53. The molecule has 3 nitrogen and oxygen atoms in total. The van der Waals surface area contributed by atoms with Crippen molar-refractivity contribution in [3.05, 3.63) is 59.4 Å². The number of para-hydroxylation sites is 1. The number of aryl methyl sites for hydroxylation is 1. The smallest absolute Gasteiger partial charge is 0.123 e. The zero-order valence-electron chi connectivity index (χ0n) is 10.1. The first-order valence-corrected chi connectivity index (χ1v) is 5.53. The molecule has 0 aliphatic rings. The van der Waals surface area contributed by atoms with Gasteiger partial charge in [-0.2, -0.15) is 0 Å². The third kappa shape index (κ3) is 2.45. The average molecular weight is 228 g/mol. The molecule has 88 valence electrons. The lowest BCUT2D eigenvalue weighted by atomic mass is 10.00. The molecule has 0 saturated carbocycles. The highest BCUT2D eigenvalue weighted by atomic mass is 16.5. The van der Waals surface area contributed by atoms with E-state index in [1.54, 1.807) is 7.11 Å². The van der Waals surface area contributed by atoms with Gasteiger partial charge in [-0.3, -0.25) is 4.98 Å². The second-order valence-electron chi connectivity index (χ2n) is 3.95. The molecule has 1 atom stereocenters. The van der Waals surface area contributed by atoms with Crippen LogP contribution >= 0.6 is 0 Å². The van der Waals surface area contributed by atoms with E-state index in [1.807, 2.05) is 49.5 Å². The molecule has 17 heavy (non-hydrogen) atoms. The number of pyridine rings is 1. The monoisotopic (exact) mass is 228 g/mol. The number of benzene rings is 1. The first-order chi connectivity index (χ1) is 8.22. The molecule has 2 rings (SSSR count). The number of ether oxygens (including phenoxy) is 1. The molecule has 0 radical (unpaired) electrons. The topological polar surface area (TPSA) is 48.1 Å². The van der Waals surface area contributed by atoms with Crippen molar-refractivity contribution in [2.75, 3.05) is 7.11 Å². The minimum absolute atomic E-state index is 0.209. The van der Waals surface area contributed by atoms with Crippen LogP contribution in [0.15, 0.2) is 42.6 Å². The molecule has 0 spiro atoms.